The number of aromatic nitrogens is 2. The Balaban J connectivity index is 1.73. The number of benzene rings is 2. The summed E-state index contributed by atoms with van der Waals surface area (Å²) in [5.41, 5.74) is 0.640. The highest BCUT2D eigenvalue weighted by atomic mass is 19.4. The highest BCUT2D eigenvalue weighted by molar-refractivity contribution is 5.96. The minimum atomic E-state index is -4.60. The van der Waals surface area contributed by atoms with E-state index in [0.29, 0.717) is 22.1 Å². The number of anilines is 1. The molecule has 0 radical (unpaired) electrons. The van der Waals surface area contributed by atoms with Gasteiger partial charge < -0.3 is 13.9 Å². The summed E-state index contributed by atoms with van der Waals surface area (Å²) in [4.78, 5) is 13.1. The number of carbonyl (C=O) groups is 1. The van der Waals surface area contributed by atoms with E-state index in [-0.39, 0.29) is 11.4 Å². The Hall–Kier alpha value is -3.56. The number of ether oxygens (including phenoxy) is 2. The largest absolute Gasteiger partial charge is 0.495 e. The van der Waals surface area contributed by atoms with E-state index in [2.05, 4.69) is 10.2 Å². The van der Waals surface area contributed by atoms with Crippen LogP contribution in [0.5, 0.6) is 11.5 Å². The zero-order chi connectivity index (χ0) is 20.9. The fourth-order valence-corrected chi connectivity index (χ4v) is 2.56. The second kappa shape index (κ2) is 8.63. The topological polar surface area (TPSA) is 77.7 Å². The smallest absolute Gasteiger partial charge is 0.406 e. The molecule has 152 valence electrons. The van der Waals surface area contributed by atoms with Gasteiger partial charge in [-0.05, 0) is 36.4 Å². The van der Waals surface area contributed by atoms with Crippen LogP contribution in [-0.4, -0.2) is 42.5 Å². The molecular formula is C19H16F3N3O4. The van der Waals surface area contributed by atoms with Crippen LogP contribution in [0.1, 0.15) is 0 Å². The van der Waals surface area contributed by atoms with Crippen LogP contribution < -0.4 is 14.4 Å². The Morgan fingerprint density at radius 2 is 1.86 bits per heavy atom. The van der Waals surface area contributed by atoms with Crippen LogP contribution in [0.2, 0.25) is 0 Å². The second-order valence-electron chi connectivity index (χ2n) is 5.82. The molecule has 1 aromatic heterocycles. The first-order chi connectivity index (χ1) is 13.9. The van der Waals surface area contributed by atoms with Crippen molar-refractivity contribution < 1.29 is 31.9 Å². The quantitative estimate of drug-likeness (QED) is 0.594. The van der Waals surface area contributed by atoms with Crippen LogP contribution >= 0.6 is 0 Å². The molecule has 3 rings (SSSR count). The minimum Gasteiger partial charge on any atom is -0.495 e. The lowest BCUT2D eigenvalue weighted by Crippen LogP contribution is -2.41. The number of amides is 1. The Bertz CT molecular complexity index is 944. The lowest BCUT2D eigenvalue weighted by atomic mass is 10.2. The van der Waals surface area contributed by atoms with Crippen LogP contribution in [0.4, 0.5) is 18.9 Å². The van der Waals surface area contributed by atoms with E-state index in [1.165, 1.54) is 31.7 Å². The summed E-state index contributed by atoms with van der Waals surface area (Å²) in [7, 11) is 1.32. The van der Waals surface area contributed by atoms with Crippen molar-refractivity contribution in [3.05, 3.63) is 54.9 Å². The van der Waals surface area contributed by atoms with Crippen LogP contribution in [0.15, 0.2) is 59.3 Å². The molecule has 1 amide bonds. The van der Waals surface area contributed by atoms with E-state index in [1.807, 2.05) is 0 Å². The summed E-state index contributed by atoms with van der Waals surface area (Å²) in [6.45, 7) is -2.06. The monoisotopic (exact) mass is 407 g/mol. The molecule has 0 aliphatic rings. The zero-order valence-electron chi connectivity index (χ0n) is 15.2. The second-order valence-corrected chi connectivity index (χ2v) is 5.82. The zero-order valence-corrected chi connectivity index (χ0v) is 15.2. The molecule has 2 aromatic carbocycles. The maximum Gasteiger partial charge on any atom is 0.406 e. The van der Waals surface area contributed by atoms with Crippen LogP contribution in [0.3, 0.4) is 0 Å². The van der Waals surface area contributed by atoms with Gasteiger partial charge in [-0.3, -0.25) is 9.69 Å². The summed E-state index contributed by atoms with van der Waals surface area (Å²) in [5, 5.41) is 7.33. The van der Waals surface area contributed by atoms with Crippen molar-refractivity contribution in [2.24, 2.45) is 0 Å². The summed E-state index contributed by atoms with van der Waals surface area (Å²) < 4.78 is 54.6. The fraction of sp³-hybridized carbons (Fsp3) is 0.211. The van der Waals surface area contributed by atoms with Gasteiger partial charge in [-0.25, -0.2) is 0 Å². The molecule has 0 spiro atoms. The molecule has 0 bridgehead atoms. The van der Waals surface area contributed by atoms with Gasteiger partial charge in [0.25, 0.3) is 5.91 Å². The fourth-order valence-electron chi connectivity index (χ4n) is 2.56. The van der Waals surface area contributed by atoms with Crippen molar-refractivity contribution in [3.8, 4) is 23.0 Å². The third-order valence-corrected chi connectivity index (χ3v) is 3.84. The van der Waals surface area contributed by atoms with Gasteiger partial charge in [0, 0.05) is 5.56 Å². The van der Waals surface area contributed by atoms with Crippen molar-refractivity contribution >= 4 is 11.6 Å². The first kappa shape index (κ1) is 20.2. The molecule has 0 N–H and O–H groups in total. The number of halogens is 3. The van der Waals surface area contributed by atoms with E-state index in [1.54, 1.807) is 30.3 Å². The standard InChI is InChI=1S/C19H16F3N3O4/c1-27-16-5-3-2-4-15(16)25(11-19(20,21)22)17(26)10-28-14-8-6-13(7-9-14)18-24-23-12-29-18/h2-9,12H,10-11H2,1H3. The molecule has 0 saturated carbocycles. The predicted octanol–water partition coefficient (Wildman–Crippen LogP) is 3.72. The molecule has 0 atom stereocenters. The molecule has 0 unspecified atom stereocenters. The molecule has 29 heavy (non-hydrogen) atoms. The van der Waals surface area contributed by atoms with Gasteiger partial charge in [0.1, 0.15) is 18.0 Å². The molecule has 3 aromatic rings. The number of rotatable bonds is 7. The number of carbonyl (C=O) groups excluding carboxylic acids is 1. The molecule has 0 saturated heterocycles. The third kappa shape index (κ3) is 5.24. The van der Waals surface area contributed by atoms with Gasteiger partial charge >= 0.3 is 6.18 Å². The van der Waals surface area contributed by atoms with Crippen molar-refractivity contribution in [2.45, 2.75) is 6.18 Å². The highest BCUT2D eigenvalue weighted by Gasteiger charge is 2.35. The first-order valence-corrected chi connectivity index (χ1v) is 8.37. The predicted molar refractivity (Wildman–Crippen MR) is 96.6 cm³/mol. The molecular weight excluding hydrogens is 391 g/mol. The minimum absolute atomic E-state index is 0.00710. The van der Waals surface area contributed by atoms with Crippen molar-refractivity contribution in [2.75, 3.05) is 25.2 Å². The van der Waals surface area contributed by atoms with E-state index in [0.717, 1.165) is 0 Å². The average molecular weight is 407 g/mol. The number of hydrogen-bond acceptors (Lipinski definition) is 6. The number of para-hydroxylation sites is 2. The molecule has 0 fully saturated rings. The van der Waals surface area contributed by atoms with Crippen LogP contribution in [0.25, 0.3) is 11.5 Å². The van der Waals surface area contributed by atoms with Gasteiger partial charge in [0.15, 0.2) is 6.61 Å². The number of nitrogens with zero attached hydrogens (tertiary/aromatic N) is 3. The van der Waals surface area contributed by atoms with Gasteiger partial charge in [-0.15, -0.1) is 10.2 Å². The SMILES string of the molecule is COc1ccccc1N(CC(F)(F)F)C(=O)COc1ccc(-c2nnco2)cc1. The summed E-state index contributed by atoms with van der Waals surface area (Å²) >= 11 is 0. The maximum atomic E-state index is 13.0. The van der Waals surface area contributed by atoms with Crippen molar-refractivity contribution in [3.63, 3.8) is 0 Å². The number of alkyl halides is 3. The van der Waals surface area contributed by atoms with E-state index in [4.69, 9.17) is 13.9 Å². The molecule has 0 aliphatic heterocycles. The highest BCUT2D eigenvalue weighted by Crippen LogP contribution is 2.30. The molecule has 10 heteroatoms. The van der Waals surface area contributed by atoms with Gasteiger partial charge in [-0.2, -0.15) is 13.2 Å². The Morgan fingerprint density at radius 3 is 2.48 bits per heavy atom. The molecule has 0 aliphatic carbocycles. The summed E-state index contributed by atoms with van der Waals surface area (Å²) in [5.74, 6) is -0.115. The number of methoxy groups -OCH3 is 1. The van der Waals surface area contributed by atoms with E-state index in [9.17, 15) is 18.0 Å². The lowest BCUT2D eigenvalue weighted by molar-refractivity contribution is -0.133. The number of hydrogen-bond donors (Lipinski definition) is 0. The Morgan fingerprint density at radius 1 is 1.14 bits per heavy atom. The third-order valence-electron chi connectivity index (χ3n) is 3.84. The van der Waals surface area contributed by atoms with E-state index >= 15 is 0 Å². The first-order valence-electron chi connectivity index (χ1n) is 8.37. The van der Waals surface area contributed by atoms with Gasteiger partial charge in [-0.1, -0.05) is 12.1 Å². The van der Waals surface area contributed by atoms with E-state index < -0.39 is 25.2 Å². The average Bonchev–Trinajstić information content (AvgIpc) is 3.25. The van der Waals surface area contributed by atoms with Gasteiger partial charge in [0.2, 0.25) is 12.3 Å². The summed E-state index contributed by atoms with van der Waals surface area (Å²) in [6.07, 6.45) is -3.41. The maximum absolute atomic E-state index is 13.0. The normalized spacial score (nSPS) is 11.2. The molecule has 7 nitrogen and oxygen atoms in total. The van der Waals surface area contributed by atoms with Gasteiger partial charge in [0.05, 0.1) is 12.8 Å². The lowest BCUT2D eigenvalue weighted by Gasteiger charge is -2.25. The van der Waals surface area contributed by atoms with Crippen molar-refractivity contribution in [1.29, 1.82) is 0 Å². The van der Waals surface area contributed by atoms with Crippen molar-refractivity contribution in [1.82, 2.24) is 10.2 Å². The van der Waals surface area contributed by atoms with Crippen LogP contribution in [-0.2, 0) is 4.79 Å². The van der Waals surface area contributed by atoms with Crippen LogP contribution in [0, 0.1) is 0 Å². The Kier molecular flexibility index (Phi) is 6.01. The summed E-state index contributed by atoms with van der Waals surface area (Å²) in [6, 6.07) is 12.3. The Labute approximate surface area is 163 Å². The molecule has 1 heterocycles.